The molecule has 0 aliphatic rings. The zero-order chi connectivity index (χ0) is 25.1. The predicted molar refractivity (Wildman–Crippen MR) is 120 cm³/mol. The van der Waals surface area contributed by atoms with Crippen molar-refractivity contribution in [2.24, 2.45) is 22.4 Å². The maximum atomic E-state index is 13.1. The monoisotopic (exact) mass is 500 g/mol. The van der Waals surface area contributed by atoms with E-state index in [-0.39, 0.29) is 21.2 Å². The van der Waals surface area contributed by atoms with Crippen LogP contribution in [0.15, 0.2) is 56.1 Å². The van der Waals surface area contributed by atoms with E-state index in [1.54, 1.807) is 0 Å². The van der Waals surface area contributed by atoms with Crippen LogP contribution in [0.2, 0.25) is 0 Å². The van der Waals surface area contributed by atoms with Crippen molar-refractivity contribution in [2.45, 2.75) is 35.8 Å². The molecule has 0 saturated heterocycles. The topological polar surface area (TPSA) is 219 Å². The first kappa shape index (κ1) is 25.7. The van der Waals surface area contributed by atoms with Gasteiger partial charge in [0.2, 0.25) is 11.9 Å². The number of carbonyl (C=O) groups is 1. The number of rotatable bonds is 9. The second kappa shape index (κ2) is 9.50. The van der Waals surface area contributed by atoms with E-state index in [2.05, 4.69) is 9.88 Å². The van der Waals surface area contributed by atoms with Gasteiger partial charge in [-0.05, 0) is 55.4 Å². The standard InChI is InChI=1S/C18H24N6O7S2/c1-10-4-9-14(17(26)24(10)15(16(19)25)11(2)31-22-18(20)21)23-33(29,30)13-7-5-12(6-8-13)32(3,27)28/h4-9,11,15,23H,1-3H3,(H2,19,25)(H4,20,21,22). The number of sulfone groups is 1. The van der Waals surface area contributed by atoms with E-state index in [0.717, 1.165) is 35.1 Å². The molecule has 2 rings (SSSR count). The zero-order valence-electron chi connectivity index (χ0n) is 17.9. The van der Waals surface area contributed by atoms with Gasteiger partial charge >= 0.3 is 0 Å². The van der Waals surface area contributed by atoms with Crippen LogP contribution in [-0.2, 0) is 29.5 Å². The van der Waals surface area contributed by atoms with E-state index in [1.165, 1.54) is 26.0 Å². The van der Waals surface area contributed by atoms with Gasteiger partial charge in [0.05, 0.1) is 9.79 Å². The van der Waals surface area contributed by atoms with Crippen LogP contribution < -0.4 is 27.5 Å². The third-order valence-electron chi connectivity index (χ3n) is 4.47. The molecule has 33 heavy (non-hydrogen) atoms. The summed E-state index contributed by atoms with van der Waals surface area (Å²) in [5, 5.41) is 3.35. The number of nitrogens with one attached hydrogen (secondary N) is 1. The molecule has 7 N–H and O–H groups in total. The molecular weight excluding hydrogens is 476 g/mol. The summed E-state index contributed by atoms with van der Waals surface area (Å²) in [7, 11) is -7.80. The number of guanidine groups is 1. The molecule has 2 unspecified atom stereocenters. The maximum absolute atomic E-state index is 13.1. The molecule has 0 aliphatic carbocycles. The average molecular weight is 501 g/mol. The molecule has 0 aliphatic heterocycles. The van der Waals surface area contributed by atoms with Gasteiger partial charge in [-0.3, -0.25) is 18.9 Å². The van der Waals surface area contributed by atoms with E-state index >= 15 is 0 Å². The van der Waals surface area contributed by atoms with Crippen LogP contribution in [-0.4, -0.2) is 45.6 Å². The molecule has 0 fully saturated rings. The smallest absolute Gasteiger partial charge is 0.275 e. The first-order valence-corrected chi connectivity index (χ1v) is 12.6. The third-order valence-corrected chi connectivity index (χ3v) is 6.98. The van der Waals surface area contributed by atoms with E-state index in [1.807, 2.05) is 0 Å². The number of hydrogen-bond acceptors (Lipinski definition) is 8. The van der Waals surface area contributed by atoms with Gasteiger partial charge in [-0.1, -0.05) is 0 Å². The van der Waals surface area contributed by atoms with Crippen LogP contribution in [0.25, 0.3) is 0 Å². The molecule has 1 heterocycles. The fourth-order valence-corrected chi connectivity index (χ4v) is 4.60. The van der Waals surface area contributed by atoms with Gasteiger partial charge in [-0.15, -0.1) is 0 Å². The number of aryl methyl sites for hydroxylation is 1. The first-order valence-electron chi connectivity index (χ1n) is 9.24. The minimum atomic E-state index is -4.28. The number of sulfonamides is 1. The number of benzene rings is 1. The number of pyridine rings is 1. The van der Waals surface area contributed by atoms with Gasteiger partial charge in [0.1, 0.15) is 5.69 Å². The lowest BCUT2D eigenvalue weighted by Crippen LogP contribution is -2.42. The Bertz CT molecular complexity index is 1350. The Hall–Kier alpha value is -3.59. The van der Waals surface area contributed by atoms with Crippen LogP contribution in [0.1, 0.15) is 18.7 Å². The molecule has 0 spiro atoms. The quantitative estimate of drug-likeness (QED) is 0.188. The number of primary amides is 1. The molecule has 0 bridgehead atoms. The Morgan fingerprint density at radius 3 is 2.06 bits per heavy atom. The van der Waals surface area contributed by atoms with E-state index < -0.39 is 49.4 Å². The molecule has 1 aromatic carbocycles. The van der Waals surface area contributed by atoms with Crippen LogP contribution in [0.3, 0.4) is 0 Å². The van der Waals surface area contributed by atoms with Gasteiger partial charge < -0.3 is 22.0 Å². The number of hydrogen-bond donors (Lipinski definition) is 4. The summed E-state index contributed by atoms with van der Waals surface area (Å²) in [5.74, 6) is -1.37. The Kier molecular flexibility index (Phi) is 7.39. The molecule has 0 radical (unpaired) electrons. The second-order valence-electron chi connectivity index (χ2n) is 7.09. The fraction of sp³-hybridized carbons (Fsp3) is 0.278. The highest BCUT2D eigenvalue weighted by atomic mass is 32.2. The summed E-state index contributed by atoms with van der Waals surface area (Å²) in [6, 6.07) is 5.67. The van der Waals surface area contributed by atoms with Crippen molar-refractivity contribution in [1.29, 1.82) is 0 Å². The van der Waals surface area contributed by atoms with Gasteiger partial charge in [0.25, 0.3) is 15.6 Å². The summed E-state index contributed by atoms with van der Waals surface area (Å²) in [6.07, 6.45) is -0.104. The van der Waals surface area contributed by atoms with E-state index in [0.29, 0.717) is 0 Å². The zero-order valence-corrected chi connectivity index (χ0v) is 19.6. The normalized spacial score (nSPS) is 13.5. The second-order valence-corrected chi connectivity index (χ2v) is 10.8. The van der Waals surface area contributed by atoms with Crippen molar-refractivity contribution in [1.82, 2.24) is 4.57 Å². The molecule has 2 atom stereocenters. The van der Waals surface area contributed by atoms with Crippen molar-refractivity contribution in [3.8, 4) is 0 Å². The van der Waals surface area contributed by atoms with Gasteiger partial charge in [0.15, 0.2) is 22.0 Å². The number of nitrogens with two attached hydrogens (primary N) is 3. The molecule has 1 amide bonds. The van der Waals surface area contributed by atoms with Crippen LogP contribution in [0.4, 0.5) is 5.69 Å². The van der Waals surface area contributed by atoms with Gasteiger partial charge in [0, 0.05) is 11.9 Å². The van der Waals surface area contributed by atoms with Gasteiger partial charge in [-0.25, -0.2) is 16.8 Å². The molecular formula is C18H24N6O7S2. The predicted octanol–water partition coefficient (Wildman–Crippen LogP) is -1.02. The van der Waals surface area contributed by atoms with Crippen molar-refractivity contribution in [3.63, 3.8) is 0 Å². The van der Waals surface area contributed by atoms with Crippen LogP contribution >= 0.6 is 0 Å². The summed E-state index contributed by atoms with van der Waals surface area (Å²) < 4.78 is 51.8. The number of amides is 1. The number of aromatic nitrogens is 1. The maximum Gasteiger partial charge on any atom is 0.275 e. The fourth-order valence-electron chi connectivity index (χ4n) is 2.91. The van der Waals surface area contributed by atoms with Crippen LogP contribution in [0, 0.1) is 6.92 Å². The summed E-state index contributed by atoms with van der Waals surface area (Å²) >= 11 is 0. The Morgan fingerprint density at radius 2 is 1.58 bits per heavy atom. The first-order chi connectivity index (χ1) is 15.1. The SMILES string of the molecule is Cc1ccc(NS(=O)(=O)c2ccc(S(C)(=O)=O)cc2)c(=O)n1C(C(N)=O)C(C)ON=C(N)N. The van der Waals surface area contributed by atoms with Crippen molar-refractivity contribution in [2.75, 3.05) is 11.0 Å². The Morgan fingerprint density at radius 1 is 1.03 bits per heavy atom. The lowest BCUT2D eigenvalue weighted by atomic mass is 10.1. The molecule has 180 valence electrons. The van der Waals surface area contributed by atoms with Gasteiger partial charge in [-0.2, -0.15) is 0 Å². The lowest BCUT2D eigenvalue weighted by Gasteiger charge is -2.24. The average Bonchev–Trinajstić information content (AvgIpc) is 2.70. The number of carbonyl (C=O) groups excluding carboxylic acids is 1. The number of nitrogens with zero attached hydrogens (tertiary/aromatic N) is 2. The number of anilines is 1. The van der Waals surface area contributed by atoms with Crippen LogP contribution in [0.5, 0.6) is 0 Å². The lowest BCUT2D eigenvalue weighted by molar-refractivity contribution is -0.125. The van der Waals surface area contributed by atoms with E-state index in [9.17, 15) is 26.4 Å². The third kappa shape index (κ3) is 6.01. The largest absolute Gasteiger partial charge is 0.387 e. The van der Waals surface area contributed by atoms with Crippen molar-refractivity contribution in [3.05, 3.63) is 52.4 Å². The van der Waals surface area contributed by atoms with E-state index in [4.69, 9.17) is 22.0 Å². The highest BCUT2D eigenvalue weighted by Gasteiger charge is 2.30. The summed E-state index contributed by atoms with van der Waals surface area (Å²) in [4.78, 5) is 29.9. The summed E-state index contributed by atoms with van der Waals surface area (Å²) in [6.45, 7) is 2.90. The highest BCUT2D eigenvalue weighted by Crippen LogP contribution is 2.20. The Labute approximate surface area is 190 Å². The van der Waals surface area contributed by atoms with Crippen molar-refractivity contribution >= 4 is 37.4 Å². The van der Waals surface area contributed by atoms with Crippen molar-refractivity contribution < 1.29 is 26.5 Å². The minimum absolute atomic E-state index is 0.0711. The Balaban J connectivity index is 2.49. The highest BCUT2D eigenvalue weighted by molar-refractivity contribution is 7.92. The molecule has 1 aromatic heterocycles. The number of oxime groups is 1. The summed E-state index contributed by atoms with van der Waals surface area (Å²) in [5.41, 5.74) is 14.9. The molecule has 0 saturated carbocycles. The minimum Gasteiger partial charge on any atom is -0.387 e. The molecule has 15 heteroatoms. The molecule has 13 nitrogen and oxygen atoms in total. The molecule has 2 aromatic rings.